The molecule has 1 atom stereocenters. The van der Waals surface area contributed by atoms with Gasteiger partial charge < -0.3 is 5.32 Å². The Kier molecular flexibility index (Phi) is 5.18. The maximum Gasteiger partial charge on any atom is 0.294 e. The first kappa shape index (κ1) is 14.7. The van der Waals surface area contributed by atoms with Gasteiger partial charge in [-0.2, -0.15) is 23.5 Å². The molecule has 19 heavy (non-hydrogen) atoms. The van der Waals surface area contributed by atoms with Crippen LogP contribution in [-0.4, -0.2) is 34.0 Å². The van der Waals surface area contributed by atoms with E-state index in [-0.39, 0.29) is 16.4 Å². The van der Waals surface area contributed by atoms with E-state index in [0.29, 0.717) is 11.8 Å². The van der Waals surface area contributed by atoms with Crippen molar-refractivity contribution in [2.24, 2.45) is 0 Å². The number of hydrogen-bond acceptors (Lipinski definition) is 5. The van der Waals surface area contributed by atoms with E-state index in [9.17, 15) is 14.5 Å². The largest absolute Gasteiger partial charge is 0.378 e. The summed E-state index contributed by atoms with van der Waals surface area (Å²) in [6, 6.07) is 2.13. The van der Waals surface area contributed by atoms with E-state index in [4.69, 9.17) is 11.6 Å². The van der Waals surface area contributed by atoms with Crippen LogP contribution in [0.2, 0.25) is 5.02 Å². The fourth-order valence-electron chi connectivity index (χ4n) is 1.71. The highest BCUT2D eigenvalue weighted by Gasteiger charge is 2.20. The molecule has 2 rings (SSSR count). The molecule has 0 spiro atoms. The first-order valence-electron chi connectivity index (χ1n) is 5.64. The molecule has 8 heteroatoms. The molecule has 1 unspecified atom stereocenters. The van der Waals surface area contributed by atoms with Crippen molar-refractivity contribution in [1.82, 2.24) is 0 Å². The number of anilines is 1. The van der Waals surface area contributed by atoms with Gasteiger partial charge in [0.05, 0.1) is 9.95 Å². The van der Waals surface area contributed by atoms with Crippen molar-refractivity contribution in [2.75, 3.05) is 29.1 Å². The fraction of sp³-hybridized carbons (Fsp3) is 0.455. The van der Waals surface area contributed by atoms with E-state index in [1.54, 1.807) is 0 Å². The Labute approximate surface area is 123 Å². The summed E-state index contributed by atoms with van der Waals surface area (Å²) in [7, 11) is 0. The minimum atomic E-state index is -0.652. The lowest BCUT2D eigenvalue weighted by atomic mass is 10.2. The van der Waals surface area contributed by atoms with Crippen LogP contribution in [0.25, 0.3) is 0 Å². The molecule has 0 saturated carbocycles. The zero-order valence-corrected chi connectivity index (χ0v) is 12.3. The molecule has 4 nitrogen and oxygen atoms in total. The molecule has 0 amide bonds. The predicted octanol–water partition coefficient (Wildman–Crippen LogP) is 3.65. The van der Waals surface area contributed by atoms with E-state index in [2.05, 4.69) is 5.32 Å². The molecule has 0 radical (unpaired) electrons. The highest BCUT2D eigenvalue weighted by Crippen LogP contribution is 2.31. The van der Waals surface area contributed by atoms with Gasteiger partial charge in [0.15, 0.2) is 0 Å². The second-order valence-corrected chi connectivity index (χ2v) is 6.95. The Morgan fingerprint density at radius 2 is 2.32 bits per heavy atom. The smallest absolute Gasteiger partial charge is 0.294 e. The summed E-state index contributed by atoms with van der Waals surface area (Å²) in [5.41, 5.74) is -0.0112. The molecule has 1 fully saturated rings. The van der Waals surface area contributed by atoms with E-state index in [1.165, 1.54) is 0 Å². The Hall–Kier alpha value is -0.660. The van der Waals surface area contributed by atoms with Crippen molar-refractivity contribution in [3.05, 3.63) is 33.1 Å². The van der Waals surface area contributed by atoms with Crippen LogP contribution in [0.1, 0.15) is 0 Å². The summed E-state index contributed by atoms with van der Waals surface area (Å²) in [4.78, 5) is 10.4. The minimum absolute atomic E-state index is 0.183. The zero-order chi connectivity index (χ0) is 13.8. The molecule has 0 aliphatic carbocycles. The van der Waals surface area contributed by atoms with Crippen LogP contribution in [0.4, 0.5) is 15.8 Å². The van der Waals surface area contributed by atoms with Crippen LogP contribution in [0.5, 0.6) is 0 Å². The van der Waals surface area contributed by atoms with Gasteiger partial charge in [0.2, 0.25) is 0 Å². The number of hydrogen-bond donors (Lipinski definition) is 1. The number of thioether (sulfide) groups is 2. The molecule has 1 saturated heterocycles. The summed E-state index contributed by atoms with van der Waals surface area (Å²) in [5.74, 6) is 2.56. The molecular formula is C11H12ClFN2O2S2. The van der Waals surface area contributed by atoms with Crippen LogP contribution >= 0.6 is 35.1 Å². The van der Waals surface area contributed by atoms with Crippen molar-refractivity contribution in [2.45, 2.75) is 5.25 Å². The van der Waals surface area contributed by atoms with Crippen molar-refractivity contribution in [3.63, 3.8) is 0 Å². The SMILES string of the molecule is O=[N+]([O-])c1cc(Cl)c(F)cc1NCC1CSCCS1. The van der Waals surface area contributed by atoms with E-state index in [0.717, 1.165) is 29.4 Å². The molecule has 1 aromatic carbocycles. The lowest BCUT2D eigenvalue weighted by Gasteiger charge is -2.21. The number of rotatable bonds is 4. The lowest BCUT2D eigenvalue weighted by Crippen LogP contribution is -2.23. The topological polar surface area (TPSA) is 55.2 Å². The van der Waals surface area contributed by atoms with Gasteiger partial charge in [-0.3, -0.25) is 10.1 Å². The van der Waals surface area contributed by atoms with Gasteiger partial charge in [0.25, 0.3) is 5.69 Å². The number of nitro groups is 1. The van der Waals surface area contributed by atoms with Gasteiger partial charge in [-0.25, -0.2) is 4.39 Å². The monoisotopic (exact) mass is 322 g/mol. The van der Waals surface area contributed by atoms with Gasteiger partial charge >= 0.3 is 0 Å². The Bertz CT molecular complexity index is 484. The molecule has 0 aromatic heterocycles. The van der Waals surface area contributed by atoms with Crippen LogP contribution < -0.4 is 5.32 Å². The van der Waals surface area contributed by atoms with Crippen LogP contribution in [0, 0.1) is 15.9 Å². The number of nitrogens with one attached hydrogen (secondary N) is 1. The standard InChI is InChI=1S/C11H12ClFN2O2S2/c12-8-3-11(15(16)17)10(4-9(8)13)14-5-7-6-18-1-2-19-7/h3-4,7,14H,1-2,5-6H2. The summed E-state index contributed by atoms with van der Waals surface area (Å²) in [5, 5.41) is 14.0. The number of halogens is 2. The van der Waals surface area contributed by atoms with Crippen molar-refractivity contribution < 1.29 is 9.31 Å². The highest BCUT2D eigenvalue weighted by molar-refractivity contribution is 8.06. The average Bonchev–Trinajstić information content (AvgIpc) is 2.40. The first-order chi connectivity index (χ1) is 9.08. The fourth-order valence-corrected chi connectivity index (χ4v) is 4.48. The van der Waals surface area contributed by atoms with E-state index < -0.39 is 10.7 Å². The third-order valence-electron chi connectivity index (χ3n) is 2.64. The Morgan fingerprint density at radius 1 is 1.53 bits per heavy atom. The van der Waals surface area contributed by atoms with E-state index >= 15 is 0 Å². The highest BCUT2D eigenvalue weighted by atomic mass is 35.5. The van der Waals surface area contributed by atoms with Crippen molar-refractivity contribution >= 4 is 46.5 Å². The van der Waals surface area contributed by atoms with Crippen LogP contribution in [0.3, 0.4) is 0 Å². The lowest BCUT2D eigenvalue weighted by molar-refractivity contribution is -0.384. The molecule has 1 heterocycles. The maximum absolute atomic E-state index is 13.4. The van der Waals surface area contributed by atoms with Crippen LogP contribution in [0.15, 0.2) is 12.1 Å². The summed E-state index contributed by atoms with van der Waals surface area (Å²) < 4.78 is 13.4. The normalized spacial score (nSPS) is 19.2. The Balaban J connectivity index is 2.09. The molecule has 1 aliphatic heterocycles. The van der Waals surface area contributed by atoms with Gasteiger partial charge in [0.1, 0.15) is 11.5 Å². The molecule has 1 aliphatic rings. The number of nitro benzene ring substituents is 1. The molecule has 1 N–H and O–H groups in total. The third-order valence-corrected chi connectivity index (χ3v) is 5.77. The summed E-state index contributed by atoms with van der Waals surface area (Å²) >= 11 is 9.26. The minimum Gasteiger partial charge on any atom is -0.378 e. The zero-order valence-electron chi connectivity index (χ0n) is 9.90. The maximum atomic E-state index is 13.4. The van der Waals surface area contributed by atoms with Gasteiger partial charge in [-0.15, -0.1) is 0 Å². The Morgan fingerprint density at radius 3 is 2.95 bits per heavy atom. The second-order valence-electron chi connectivity index (χ2n) is 3.99. The van der Waals surface area contributed by atoms with Gasteiger partial charge in [0, 0.05) is 41.2 Å². The number of benzene rings is 1. The molecule has 1 aromatic rings. The van der Waals surface area contributed by atoms with Gasteiger partial charge in [-0.1, -0.05) is 11.6 Å². The third kappa shape index (κ3) is 3.90. The molecule has 104 valence electrons. The summed E-state index contributed by atoms with van der Waals surface area (Å²) in [6.07, 6.45) is 0. The predicted molar refractivity (Wildman–Crippen MR) is 80.1 cm³/mol. The number of nitrogens with zero attached hydrogens (tertiary/aromatic N) is 1. The van der Waals surface area contributed by atoms with Crippen LogP contribution in [-0.2, 0) is 0 Å². The second kappa shape index (κ2) is 6.67. The van der Waals surface area contributed by atoms with Gasteiger partial charge in [-0.05, 0) is 0 Å². The van der Waals surface area contributed by atoms with Crippen molar-refractivity contribution in [3.8, 4) is 0 Å². The molecule has 0 bridgehead atoms. The average molecular weight is 323 g/mol. The van der Waals surface area contributed by atoms with E-state index in [1.807, 2.05) is 23.5 Å². The summed E-state index contributed by atoms with van der Waals surface area (Å²) in [6.45, 7) is 0.583. The van der Waals surface area contributed by atoms with Crippen molar-refractivity contribution in [1.29, 1.82) is 0 Å². The molecular weight excluding hydrogens is 311 g/mol. The first-order valence-corrected chi connectivity index (χ1v) is 8.22. The quantitative estimate of drug-likeness (QED) is 0.677.